The number of rotatable bonds is 6. The van der Waals surface area contributed by atoms with Crippen molar-refractivity contribution in [3.05, 3.63) is 89.2 Å². The van der Waals surface area contributed by atoms with E-state index in [2.05, 4.69) is 15.0 Å². The Bertz CT molecular complexity index is 1400. The van der Waals surface area contributed by atoms with Gasteiger partial charge in [0.1, 0.15) is 17.5 Å². The average molecular weight is 548 g/mol. The van der Waals surface area contributed by atoms with Gasteiger partial charge in [0.15, 0.2) is 0 Å². The van der Waals surface area contributed by atoms with Crippen molar-refractivity contribution in [1.29, 1.82) is 5.26 Å². The van der Waals surface area contributed by atoms with E-state index in [4.69, 9.17) is 0 Å². The van der Waals surface area contributed by atoms with Crippen LogP contribution in [0.1, 0.15) is 48.8 Å². The molecule has 2 aromatic carbocycles. The van der Waals surface area contributed by atoms with E-state index in [-0.39, 0.29) is 17.8 Å². The SMILES string of the molecule is CC(C)(N[C@@H]1C[C@H](c2cccc(OC(F)(F)F)c2)N(c2ccc(C(F)(F)F)cc2)C1=O)c1cccc(C#N)n1. The fourth-order valence-corrected chi connectivity index (χ4v) is 4.55. The number of amides is 1. The number of nitrogens with zero attached hydrogens (tertiary/aromatic N) is 3. The number of hydrogen-bond acceptors (Lipinski definition) is 5. The molecule has 1 saturated heterocycles. The number of alkyl halides is 6. The molecule has 1 aliphatic rings. The molecule has 0 spiro atoms. The monoisotopic (exact) mass is 548 g/mol. The first-order chi connectivity index (χ1) is 18.2. The van der Waals surface area contributed by atoms with E-state index in [0.29, 0.717) is 11.3 Å². The third-order valence-electron chi connectivity index (χ3n) is 6.29. The van der Waals surface area contributed by atoms with Gasteiger partial charge >= 0.3 is 12.5 Å². The standard InChI is InChI=1S/C27H22F6N4O2/c1-25(2,23-8-4-6-18(15-34)35-23)36-21-14-22(16-5-3-7-20(13-16)39-27(31,32)33)37(24(21)38)19-11-9-17(10-12-19)26(28,29)30/h3-13,21-22,36H,14H2,1-2H3/t21-,22-/m1/s1. The lowest BCUT2D eigenvalue weighted by molar-refractivity contribution is -0.274. The number of benzene rings is 2. The summed E-state index contributed by atoms with van der Waals surface area (Å²) in [7, 11) is 0. The maximum Gasteiger partial charge on any atom is 0.573 e. The van der Waals surface area contributed by atoms with Gasteiger partial charge in [-0.25, -0.2) is 4.98 Å². The number of carbonyl (C=O) groups is 1. The molecule has 0 saturated carbocycles. The van der Waals surface area contributed by atoms with Crippen LogP contribution < -0.4 is 15.0 Å². The second kappa shape index (κ2) is 10.2. The predicted molar refractivity (Wildman–Crippen MR) is 128 cm³/mol. The molecular weight excluding hydrogens is 526 g/mol. The molecule has 12 heteroatoms. The van der Waals surface area contributed by atoms with Crippen LogP contribution in [-0.2, 0) is 16.5 Å². The summed E-state index contributed by atoms with van der Waals surface area (Å²) in [6.07, 6.45) is -9.44. The number of nitrogens with one attached hydrogen (secondary N) is 1. The molecule has 0 unspecified atom stereocenters. The number of anilines is 1. The first kappa shape index (κ1) is 27.9. The molecule has 204 valence electrons. The van der Waals surface area contributed by atoms with Crippen molar-refractivity contribution in [3.63, 3.8) is 0 Å². The molecule has 1 aliphatic heterocycles. The first-order valence-electron chi connectivity index (χ1n) is 11.7. The fourth-order valence-electron chi connectivity index (χ4n) is 4.55. The zero-order valence-corrected chi connectivity index (χ0v) is 20.6. The molecule has 0 radical (unpaired) electrons. The fraction of sp³-hybridized carbons (Fsp3) is 0.296. The second-order valence-electron chi connectivity index (χ2n) is 9.47. The van der Waals surface area contributed by atoms with Crippen LogP contribution in [0.3, 0.4) is 0 Å². The maximum atomic E-state index is 13.7. The maximum absolute atomic E-state index is 13.7. The summed E-state index contributed by atoms with van der Waals surface area (Å²) < 4.78 is 81.9. The summed E-state index contributed by atoms with van der Waals surface area (Å²) in [5.74, 6) is -0.986. The van der Waals surface area contributed by atoms with Gasteiger partial charge in [-0.2, -0.15) is 18.4 Å². The lowest BCUT2D eigenvalue weighted by Gasteiger charge is -2.29. The Morgan fingerprint density at radius 3 is 2.28 bits per heavy atom. The van der Waals surface area contributed by atoms with Gasteiger partial charge in [-0.1, -0.05) is 18.2 Å². The van der Waals surface area contributed by atoms with Crippen LogP contribution in [0.2, 0.25) is 0 Å². The van der Waals surface area contributed by atoms with Crippen LogP contribution in [0, 0.1) is 11.3 Å². The van der Waals surface area contributed by atoms with Gasteiger partial charge in [0.25, 0.3) is 0 Å². The Morgan fingerprint density at radius 2 is 1.67 bits per heavy atom. The molecule has 4 rings (SSSR count). The number of halogens is 6. The molecule has 2 atom stereocenters. The normalized spacial score (nSPS) is 18.2. The minimum absolute atomic E-state index is 0.0801. The summed E-state index contributed by atoms with van der Waals surface area (Å²) in [5.41, 5.74) is -0.738. The van der Waals surface area contributed by atoms with Gasteiger partial charge < -0.3 is 9.64 Å². The van der Waals surface area contributed by atoms with Crippen LogP contribution in [0.15, 0.2) is 66.7 Å². The van der Waals surface area contributed by atoms with Crippen molar-refractivity contribution in [2.45, 2.75) is 50.4 Å². The molecule has 1 N–H and O–H groups in total. The van der Waals surface area contributed by atoms with Crippen LogP contribution in [0.5, 0.6) is 5.75 Å². The highest BCUT2D eigenvalue weighted by Gasteiger charge is 2.44. The van der Waals surface area contributed by atoms with E-state index in [1.54, 1.807) is 26.0 Å². The summed E-state index contributed by atoms with van der Waals surface area (Å²) in [4.78, 5) is 19.2. The largest absolute Gasteiger partial charge is 0.573 e. The Morgan fingerprint density at radius 1 is 1.00 bits per heavy atom. The number of carbonyl (C=O) groups excluding carboxylic acids is 1. The quantitative estimate of drug-likeness (QED) is 0.369. The second-order valence-corrected chi connectivity index (χ2v) is 9.47. The Labute approximate surface area is 219 Å². The van der Waals surface area contributed by atoms with Crippen molar-refractivity contribution in [2.75, 3.05) is 4.90 Å². The third-order valence-corrected chi connectivity index (χ3v) is 6.29. The van der Waals surface area contributed by atoms with Crippen molar-refractivity contribution in [1.82, 2.24) is 10.3 Å². The smallest absolute Gasteiger partial charge is 0.406 e. The highest BCUT2D eigenvalue weighted by Crippen LogP contribution is 2.41. The van der Waals surface area contributed by atoms with E-state index in [0.717, 1.165) is 36.4 Å². The van der Waals surface area contributed by atoms with Gasteiger partial charge in [0.05, 0.1) is 28.9 Å². The van der Waals surface area contributed by atoms with Gasteiger partial charge in [-0.3, -0.25) is 10.1 Å². The van der Waals surface area contributed by atoms with E-state index < -0.39 is 47.4 Å². The van der Waals surface area contributed by atoms with Crippen molar-refractivity contribution >= 4 is 11.6 Å². The first-order valence-corrected chi connectivity index (χ1v) is 11.7. The Kier molecular flexibility index (Phi) is 7.32. The lowest BCUT2D eigenvalue weighted by Crippen LogP contribution is -2.48. The van der Waals surface area contributed by atoms with Gasteiger partial charge in [-0.05, 0) is 74.4 Å². The molecule has 2 heterocycles. The average Bonchev–Trinajstić information content (AvgIpc) is 3.18. The van der Waals surface area contributed by atoms with Crippen molar-refractivity contribution in [2.24, 2.45) is 0 Å². The molecule has 1 fully saturated rings. The van der Waals surface area contributed by atoms with E-state index in [1.165, 1.54) is 23.1 Å². The van der Waals surface area contributed by atoms with Crippen molar-refractivity contribution in [3.8, 4) is 11.8 Å². The molecule has 3 aromatic rings. The summed E-state index contributed by atoms with van der Waals surface area (Å²) in [6, 6.07) is 14.2. The predicted octanol–water partition coefficient (Wildman–Crippen LogP) is 6.24. The molecule has 39 heavy (non-hydrogen) atoms. The van der Waals surface area contributed by atoms with Gasteiger partial charge in [-0.15, -0.1) is 13.2 Å². The number of nitriles is 1. The molecule has 1 amide bonds. The third kappa shape index (κ3) is 6.31. The Hall–Kier alpha value is -4.11. The van der Waals surface area contributed by atoms with Crippen LogP contribution in [0.25, 0.3) is 0 Å². The minimum Gasteiger partial charge on any atom is -0.406 e. The number of ether oxygens (including phenoxy) is 1. The van der Waals surface area contributed by atoms with Crippen molar-refractivity contribution < 1.29 is 35.9 Å². The van der Waals surface area contributed by atoms with Gasteiger partial charge in [0.2, 0.25) is 5.91 Å². The summed E-state index contributed by atoms with van der Waals surface area (Å²) in [5, 5.41) is 12.4. The summed E-state index contributed by atoms with van der Waals surface area (Å²) in [6.45, 7) is 3.49. The number of pyridine rings is 1. The molecule has 0 bridgehead atoms. The highest BCUT2D eigenvalue weighted by molar-refractivity contribution is 6.00. The van der Waals surface area contributed by atoms with Crippen LogP contribution in [-0.4, -0.2) is 23.3 Å². The van der Waals surface area contributed by atoms with E-state index >= 15 is 0 Å². The zero-order valence-electron chi connectivity index (χ0n) is 20.6. The molecular formula is C27H22F6N4O2. The van der Waals surface area contributed by atoms with Crippen LogP contribution >= 0.6 is 0 Å². The number of aromatic nitrogens is 1. The molecule has 6 nitrogen and oxygen atoms in total. The zero-order chi connectivity index (χ0) is 28.6. The Balaban J connectivity index is 1.71. The molecule has 0 aliphatic carbocycles. The highest BCUT2D eigenvalue weighted by atomic mass is 19.4. The number of hydrogen-bond donors (Lipinski definition) is 1. The van der Waals surface area contributed by atoms with E-state index in [9.17, 15) is 36.4 Å². The minimum atomic E-state index is -4.93. The van der Waals surface area contributed by atoms with Gasteiger partial charge in [0, 0.05) is 5.69 Å². The van der Waals surface area contributed by atoms with Crippen LogP contribution in [0.4, 0.5) is 32.0 Å². The summed E-state index contributed by atoms with van der Waals surface area (Å²) >= 11 is 0. The topological polar surface area (TPSA) is 78.2 Å². The molecule has 1 aromatic heterocycles. The lowest BCUT2D eigenvalue weighted by atomic mass is 9.96. The van der Waals surface area contributed by atoms with E-state index in [1.807, 2.05) is 6.07 Å².